The van der Waals surface area contributed by atoms with E-state index < -0.39 is 24.9 Å². The molecular weight excluding hydrogens is 186 g/mol. The summed E-state index contributed by atoms with van der Waals surface area (Å²) in [5.74, 6) is -0.0544. The Morgan fingerprint density at radius 1 is 1.36 bits per heavy atom. The standard InChI is InChI=1S/C9H19NO4/c1-5-2-6(3-10-5)8(13)9(14)7(12)4-11/h5-14H,2-4H2,1H3/t5-,6+,7-,8-,9-/m1/s1. The number of hydrogen-bond donors (Lipinski definition) is 5. The lowest BCUT2D eigenvalue weighted by molar-refractivity contribution is -0.0922. The van der Waals surface area contributed by atoms with Crippen LogP contribution in [0.25, 0.3) is 0 Å². The molecule has 1 rings (SSSR count). The molecule has 1 fully saturated rings. The SMILES string of the molecule is C[C@@H]1C[C@H]([C@@H](O)[C@H](O)[C@H](O)CO)CN1. The fourth-order valence-electron chi connectivity index (χ4n) is 1.85. The maximum Gasteiger partial charge on any atom is 0.108 e. The molecule has 14 heavy (non-hydrogen) atoms. The Hall–Kier alpha value is -0.200. The van der Waals surface area contributed by atoms with Gasteiger partial charge < -0.3 is 25.7 Å². The molecule has 0 spiro atoms. The molecule has 1 aliphatic heterocycles. The minimum absolute atomic E-state index is 0.0544. The number of aliphatic hydroxyl groups excluding tert-OH is 4. The summed E-state index contributed by atoms with van der Waals surface area (Å²) in [5.41, 5.74) is 0. The molecule has 0 radical (unpaired) electrons. The highest BCUT2D eigenvalue weighted by Gasteiger charge is 2.34. The molecule has 1 heterocycles. The average Bonchev–Trinajstić information content (AvgIpc) is 2.61. The summed E-state index contributed by atoms with van der Waals surface area (Å²) in [6.07, 6.45) is -2.73. The van der Waals surface area contributed by atoms with Gasteiger partial charge in [0.1, 0.15) is 12.2 Å². The molecule has 1 saturated heterocycles. The maximum absolute atomic E-state index is 9.68. The van der Waals surface area contributed by atoms with Gasteiger partial charge in [0.25, 0.3) is 0 Å². The second kappa shape index (κ2) is 5.04. The fourth-order valence-corrected chi connectivity index (χ4v) is 1.85. The van der Waals surface area contributed by atoms with Crippen LogP contribution in [0.4, 0.5) is 0 Å². The van der Waals surface area contributed by atoms with Crippen molar-refractivity contribution in [3.63, 3.8) is 0 Å². The van der Waals surface area contributed by atoms with Gasteiger partial charge >= 0.3 is 0 Å². The molecule has 5 atom stereocenters. The quantitative estimate of drug-likeness (QED) is 0.368. The van der Waals surface area contributed by atoms with Gasteiger partial charge in [0.15, 0.2) is 0 Å². The van der Waals surface area contributed by atoms with Crippen LogP contribution in [-0.2, 0) is 0 Å². The Bertz CT molecular complexity index is 176. The highest BCUT2D eigenvalue weighted by molar-refractivity contribution is 4.88. The van der Waals surface area contributed by atoms with Crippen LogP contribution < -0.4 is 5.32 Å². The predicted octanol–water partition coefficient (Wildman–Crippen LogP) is -1.94. The summed E-state index contributed by atoms with van der Waals surface area (Å²) in [4.78, 5) is 0. The number of aliphatic hydroxyl groups is 4. The highest BCUT2D eigenvalue weighted by Crippen LogP contribution is 2.20. The van der Waals surface area contributed by atoms with Crippen molar-refractivity contribution in [2.45, 2.75) is 37.7 Å². The molecular formula is C9H19NO4. The summed E-state index contributed by atoms with van der Waals surface area (Å²) in [5, 5.41) is 40.0. The van der Waals surface area contributed by atoms with Gasteiger partial charge in [-0.1, -0.05) is 0 Å². The van der Waals surface area contributed by atoms with Gasteiger partial charge in [-0.05, 0) is 13.3 Å². The van der Waals surface area contributed by atoms with E-state index in [4.69, 9.17) is 10.2 Å². The van der Waals surface area contributed by atoms with Gasteiger partial charge in [0, 0.05) is 18.5 Å². The van der Waals surface area contributed by atoms with E-state index in [0.29, 0.717) is 12.6 Å². The van der Waals surface area contributed by atoms with Crippen molar-refractivity contribution in [2.75, 3.05) is 13.2 Å². The van der Waals surface area contributed by atoms with Crippen LogP contribution in [0.15, 0.2) is 0 Å². The summed E-state index contributed by atoms with van der Waals surface area (Å²) >= 11 is 0. The van der Waals surface area contributed by atoms with E-state index in [-0.39, 0.29) is 5.92 Å². The number of rotatable bonds is 4. The first-order chi connectivity index (χ1) is 6.56. The molecule has 0 saturated carbocycles. The molecule has 5 heteroatoms. The fraction of sp³-hybridized carbons (Fsp3) is 1.00. The van der Waals surface area contributed by atoms with Gasteiger partial charge in [-0.15, -0.1) is 0 Å². The molecule has 1 aliphatic rings. The zero-order chi connectivity index (χ0) is 10.7. The van der Waals surface area contributed by atoms with E-state index in [1.54, 1.807) is 0 Å². The van der Waals surface area contributed by atoms with E-state index in [2.05, 4.69) is 5.32 Å². The predicted molar refractivity (Wildman–Crippen MR) is 50.7 cm³/mol. The van der Waals surface area contributed by atoms with Crippen LogP contribution in [0.1, 0.15) is 13.3 Å². The van der Waals surface area contributed by atoms with E-state index in [0.717, 1.165) is 6.42 Å². The zero-order valence-electron chi connectivity index (χ0n) is 8.30. The van der Waals surface area contributed by atoms with Crippen LogP contribution in [-0.4, -0.2) is 57.9 Å². The largest absolute Gasteiger partial charge is 0.394 e. The Balaban J connectivity index is 2.43. The molecule has 0 aromatic carbocycles. The number of hydrogen-bond acceptors (Lipinski definition) is 5. The first-order valence-electron chi connectivity index (χ1n) is 4.94. The van der Waals surface area contributed by atoms with Crippen LogP contribution in [0.2, 0.25) is 0 Å². The van der Waals surface area contributed by atoms with Crippen molar-refractivity contribution in [2.24, 2.45) is 5.92 Å². The van der Waals surface area contributed by atoms with Crippen molar-refractivity contribution in [1.29, 1.82) is 0 Å². The molecule has 0 amide bonds. The van der Waals surface area contributed by atoms with Crippen LogP contribution in [0, 0.1) is 5.92 Å². The summed E-state index contributed by atoms with van der Waals surface area (Å²) in [7, 11) is 0. The van der Waals surface area contributed by atoms with Crippen LogP contribution >= 0.6 is 0 Å². The van der Waals surface area contributed by atoms with Crippen molar-refractivity contribution >= 4 is 0 Å². The first kappa shape index (κ1) is 11.9. The Kier molecular flexibility index (Phi) is 4.28. The van der Waals surface area contributed by atoms with E-state index in [9.17, 15) is 10.2 Å². The van der Waals surface area contributed by atoms with Crippen molar-refractivity contribution in [3.05, 3.63) is 0 Å². The van der Waals surface area contributed by atoms with Crippen molar-refractivity contribution in [1.82, 2.24) is 5.32 Å². The lowest BCUT2D eigenvalue weighted by Gasteiger charge is -2.25. The van der Waals surface area contributed by atoms with Gasteiger partial charge in [-0.25, -0.2) is 0 Å². The van der Waals surface area contributed by atoms with E-state index >= 15 is 0 Å². The minimum atomic E-state index is -1.27. The summed E-state index contributed by atoms with van der Waals surface area (Å²) in [6.45, 7) is 2.10. The summed E-state index contributed by atoms with van der Waals surface area (Å²) < 4.78 is 0. The summed E-state index contributed by atoms with van der Waals surface area (Å²) in [6, 6.07) is 0.327. The zero-order valence-corrected chi connectivity index (χ0v) is 8.30. The van der Waals surface area contributed by atoms with Gasteiger partial charge in [0.2, 0.25) is 0 Å². The van der Waals surface area contributed by atoms with Gasteiger partial charge in [-0.3, -0.25) is 0 Å². The average molecular weight is 205 g/mol. The normalized spacial score (nSPS) is 34.1. The molecule has 0 aromatic heterocycles. The Morgan fingerprint density at radius 3 is 2.43 bits per heavy atom. The molecule has 0 bridgehead atoms. The highest BCUT2D eigenvalue weighted by atomic mass is 16.4. The maximum atomic E-state index is 9.68. The van der Waals surface area contributed by atoms with Crippen molar-refractivity contribution < 1.29 is 20.4 Å². The third kappa shape index (κ3) is 2.65. The molecule has 5 nitrogen and oxygen atoms in total. The lowest BCUT2D eigenvalue weighted by atomic mass is 9.93. The van der Waals surface area contributed by atoms with Gasteiger partial charge in [-0.2, -0.15) is 0 Å². The molecule has 0 unspecified atom stereocenters. The number of nitrogens with one attached hydrogen (secondary N) is 1. The Labute approximate surface area is 83.4 Å². The van der Waals surface area contributed by atoms with E-state index in [1.807, 2.05) is 6.92 Å². The molecule has 0 aliphatic carbocycles. The molecule has 0 aromatic rings. The minimum Gasteiger partial charge on any atom is -0.394 e. The van der Waals surface area contributed by atoms with Crippen molar-refractivity contribution in [3.8, 4) is 0 Å². The first-order valence-corrected chi connectivity index (χ1v) is 4.94. The Morgan fingerprint density at radius 2 is 2.00 bits per heavy atom. The third-order valence-electron chi connectivity index (χ3n) is 2.80. The monoisotopic (exact) mass is 205 g/mol. The topological polar surface area (TPSA) is 93.0 Å². The second-order valence-electron chi connectivity index (χ2n) is 4.04. The molecule has 5 N–H and O–H groups in total. The van der Waals surface area contributed by atoms with Crippen LogP contribution in [0.3, 0.4) is 0 Å². The second-order valence-corrected chi connectivity index (χ2v) is 4.04. The third-order valence-corrected chi connectivity index (χ3v) is 2.80. The smallest absolute Gasteiger partial charge is 0.108 e. The molecule has 84 valence electrons. The lowest BCUT2D eigenvalue weighted by Crippen LogP contribution is -2.44. The van der Waals surface area contributed by atoms with E-state index in [1.165, 1.54) is 0 Å². The van der Waals surface area contributed by atoms with Gasteiger partial charge in [0.05, 0.1) is 12.7 Å². The van der Waals surface area contributed by atoms with Crippen LogP contribution in [0.5, 0.6) is 0 Å².